The quantitative estimate of drug-likeness (QED) is 0.736. The Labute approximate surface area is 141 Å². The SMILES string of the molecule is O=C(Nc1ccc(NCc2ccco2)nn1)c1c(F)cccc1Cl. The van der Waals surface area contributed by atoms with Gasteiger partial charge in [-0.1, -0.05) is 17.7 Å². The average molecular weight is 347 g/mol. The van der Waals surface area contributed by atoms with Crippen LogP contribution in [0.2, 0.25) is 5.02 Å². The average Bonchev–Trinajstić information content (AvgIpc) is 3.07. The summed E-state index contributed by atoms with van der Waals surface area (Å²) in [6.45, 7) is 0.457. The minimum absolute atomic E-state index is 0.0252. The topological polar surface area (TPSA) is 80.0 Å². The lowest BCUT2D eigenvalue weighted by molar-refractivity contribution is 0.102. The summed E-state index contributed by atoms with van der Waals surface area (Å²) >= 11 is 5.85. The number of halogens is 2. The van der Waals surface area contributed by atoms with Crippen LogP contribution in [0.15, 0.2) is 53.1 Å². The van der Waals surface area contributed by atoms with Gasteiger partial charge in [0.25, 0.3) is 5.91 Å². The van der Waals surface area contributed by atoms with E-state index in [4.69, 9.17) is 16.0 Å². The molecule has 2 N–H and O–H groups in total. The zero-order valence-corrected chi connectivity index (χ0v) is 13.0. The summed E-state index contributed by atoms with van der Waals surface area (Å²) < 4.78 is 18.9. The largest absolute Gasteiger partial charge is 0.467 e. The molecule has 8 heteroatoms. The van der Waals surface area contributed by atoms with Crippen LogP contribution in [0.3, 0.4) is 0 Å². The molecule has 0 unspecified atom stereocenters. The molecule has 1 aromatic carbocycles. The minimum atomic E-state index is -0.704. The summed E-state index contributed by atoms with van der Waals surface area (Å²) in [5, 5.41) is 13.3. The summed E-state index contributed by atoms with van der Waals surface area (Å²) in [6.07, 6.45) is 1.58. The van der Waals surface area contributed by atoms with Crippen molar-refractivity contribution in [2.24, 2.45) is 0 Å². The van der Waals surface area contributed by atoms with E-state index >= 15 is 0 Å². The van der Waals surface area contributed by atoms with Crippen molar-refractivity contribution in [1.29, 1.82) is 0 Å². The number of amides is 1. The number of aromatic nitrogens is 2. The number of hydrogen-bond donors (Lipinski definition) is 2. The fraction of sp³-hybridized carbons (Fsp3) is 0.0625. The van der Waals surface area contributed by atoms with Crippen molar-refractivity contribution in [3.05, 3.63) is 70.9 Å². The third kappa shape index (κ3) is 3.69. The second kappa shape index (κ2) is 7.10. The molecule has 0 saturated heterocycles. The van der Waals surface area contributed by atoms with Gasteiger partial charge in [-0.3, -0.25) is 4.79 Å². The summed E-state index contributed by atoms with van der Waals surface area (Å²) in [5.41, 5.74) is -0.235. The lowest BCUT2D eigenvalue weighted by Gasteiger charge is -2.07. The number of benzene rings is 1. The van der Waals surface area contributed by atoms with Gasteiger partial charge in [0.15, 0.2) is 5.82 Å². The Hall–Kier alpha value is -2.93. The number of hydrogen-bond acceptors (Lipinski definition) is 5. The molecule has 3 aromatic rings. The van der Waals surface area contributed by atoms with E-state index in [0.717, 1.165) is 11.8 Å². The first-order chi connectivity index (χ1) is 11.6. The maximum absolute atomic E-state index is 13.7. The van der Waals surface area contributed by atoms with E-state index in [-0.39, 0.29) is 16.4 Å². The molecule has 0 aliphatic carbocycles. The zero-order valence-electron chi connectivity index (χ0n) is 12.3. The highest BCUT2D eigenvalue weighted by molar-refractivity contribution is 6.34. The molecule has 0 spiro atoms. The fourth-order valence-electron chi connectivity index (χ4n) is 1.98. The lowest BCUT2D eigenvalue weighted by atomic mass is 10.2. The van der Waals surface area contributed by atoms with Crippen molar-refractivity contribution >= 4 is 29.1 Å². The third-order valence-electron chi connectivity index (χ3n) is 3.12. The van der Waals surface area contributed by atoms with Crippen LogP contribution in [0.5, 0.6) is 0 Å². The molecule has 6 nitrogen and oxygen atoms in total. The van der Waals surface area contributed by atoms with Crippen LogP contribution < -0.4 is 10.6 Å². The van der Waals surface area contributed by atoms with Crippen LogP contribution in [0, 0.1) is 5.82 Å². The van der Waals surface area contributed by atoms with E-state index in [0.29, 0.717) is 12.4 Å². The number of nitrogens with zero attached hydrogens (tertiary/aromatic N) is 2. The van der Waals surface area contributed by atoms with Crippen molar-refractivity contribution in [3.8, 4) is 0 Å². The van der Waals surface area contributed by atoms with E-state index in [2.05, 4.69) is 20.8 Å². The summed E-state index contributed by atoms with van der Waals surface area (Å²) in [5.74, 6) is 0.0490. The molecule has 1 amide bonds. The number of anilines is 2. The van der Waals surface area contributed by atoms with Gasteiger partial charge in [0.1, 0.15) is 17.4 Å². The van der Waals surface area contributed by atoms with Gasteiger partial charge in [0.05, 0.1) is 23.4 Å². The van der Waals surface area contributed by atoms with Crippen molar-refractivity contribution in [1.82, 2.24) is 10.2 Å². The Balaban J connectivity index is 1.64. The zero-order chi connectivity index (χ0) is 16.9. The van der Waals surface area contributed by atoms with E-state index in [1.807, 2.05) is 6.07 Å². The van der Waals surface area contributed by atoms with E-state index in [1.54, 1.807) is 24.5 Å². The summed E-state index contributed by atoms with van der Waals surface area (Å²) in [4.78, 5) is 12.1. The molecule has 0 aliphatic heterocycles. The maximum atomic E-state index is 13.7. The van der Waals surface area contributed by atoms with Crippen LogP contribution in [0.25, 0.3) is 0 Å². The molecule has 0 bridgehead atoms. The van der Waals surface area contributed by atoms with Gasteiger partial charge in [0.2, 0.25) is 0 Å². The number of rotatable bonds is 5. The molecule has 2 aromatic heterocycles. The van der Waals surface area contributed by atoms with Gasteiger partial charge >= 0.3 is 0 Å². The van der Waals surface area contributed by atoms with E-state index < -0.39 is 11.7 Å². The van der Waals surface area contributed by atoms with Crippen LogP contribution in [-0.4, -0.2) is 16.1 Å². The number of furan rings is 1. The monoisotopic (exact) mass is 346 g/mol. The molecule has 2 heterocycles. The molecule has 3 rings (SSSR count). The molecule has 0 fully saturated rings. The van der Waals surface area contributed by atoms with Crippen LogP contribution in [0.4, 0.5) is 16.0 Å². The number of carbonyl (C=O) groups excluding carboxylic acids is 1. The molecule has 122 valence electrons. The van der Waals surface area contributed by atoms with Gasteiger partial charge in [0, 0.05) is 0 Å². The number of nitrogens with one attached hydrogen (secondary N) is 2. The predicted molar refractivity (Wildman–Crippen MR) is 87.4 cm³/mol. The minimum Gasteiger partial charge on any atom is -0.467 e. The Morgan fingerprint density at radius 1 is 1.12 bits per heavy atom. The van der Waals surface area contributed by atoms with Crippen molar-refractivity contribution in [3.63, 3.8) is 0 Å². The first-order valence-electron chi connectivity index (χ1n) is 6.99. The molecule has 0 saturated carbocycles. The lowest BCUT2D eigenvalue weighted by Crippen LogP contribution is -2.16. The van der Waals surface area contributed by atoms with Gasteiger partial charge in [-0.2, -0.15) is 0 Å². The van der Waals surface area contributed by atoms with Crippen molar-refractivity contribution in [2.45, 2.75) is 6.54 Å². The molecule has 0 radical (unpaired) electrons. The van der Waals surface area contributed by atoms with Gasteiger partial charge in [-0.15, -0.1) is 10.2 Å². The Kier molecular flexibility index (Phi) is 4.72. The van der Waals surface area contributed by atoms with Gasteiger partial charge < -0.3 is 15.1 Å². The highest BCUT2D eigenvalue weighted by Crippen LogP contribution is 2.20. The highest BCUT2D eigenvalue weighted by Gasteiger charge is 2.16. The number of carbonyl (C=O) groups is 1. The normalized spacial score (nSPS) is 10.4. The molecule has 0 aliphatic rings. The van der Waals surface area contributed by atoms with Crippen LogP contribution in [-0.2, 0) is 6.54 Å². The molecular formula is C16H12ClFN4O2. The second-order valence-corrected chi connectivity index (χ2v) is 5.19. The molecule has 24 heavy (non-hydrogen) atoms. The Morgan fingerprint density at radius 2 is 1.92 bits per heavy atom. The summed E-state index contributed by atoms with van der Waals surface area (Å²) in [6, 6.07) is 10.8. The highest BCUT2D eigenvalue weighted by atomic mass is 35.5. The van der Waals surface area contributed by atoms with Crippen LogP contribution in [0.1, 0.15) is 16.1 Å². The first-order valence-corrected chi connectivity index (χ1v) is 7.36. The third-order valence-corrected chi connectivity index (χ3v) is 3.43. The maximum Gasteiger partial charge on any atom is 0.261 e. The van der Waals surface area contributed by atoms with Crippen molar-refractivity contribution in [2.75, 3.05) is 10.6 Å². The first kappa shape index (κ1) is 15.9. The van der Waals surface area contributed by atoms with Gasteiger partial charge in [-0.25, -0.2) is 4.39 Å². The predicted octanol–water partition coefficient (Wildman–Crippen LogP) is 3.73. The second-order valence-electron chi connectivity index (χ2n) is 4.79. The van der Waals surface area contributed by atoms with Crippen LogP contribution >= 0.6 is 11.6 Å². The Bertz CT molecular complexity index is 818. The summed E-state index contributed by atoms with van der Waals surface area (Å²) in [7, 11) is 0. The molecule has 0 atom stereocenters. The van der Waals surface area contributed by atoms with E-state index in [9.17, 15) is 9.18 Å². The van der Waals surface area contributed by atoms with Crippen molar-refractivity contribution < 1.29 is 13.6 Å². The molecular weight excluding hydrogens is 335 g/mol. The standard InChI is InChI=1S/C16H12ClFN4O2/c17-11-4-1-5-12(18)15(11)16(23)20-14-7-6-13(21-22-14)19-9-10-3-2-8-24-10/h1-8H,9H2,(H,19,21)(H,20,22,23). The Morgan fingerprint density at radius 3 is 2.58 bits per heavy atom. The van der Waals surface area contributed by atoms with E-state index in [1.165, 1.54) is 12.1 Å². The smallest absolute Gasteiger partial charge is 0.261 e. The fourth-order valence-corrected chi connectivity index (χ4v) is 2.23. The van der Waals surface area contributed by atoms with Gasteiger partial charge in [-0.05, 0) is 36.4 Å².